The molecule has 0 aliphatic heterocycles. The third-order valence-electron chi connectivity index (χ3n) is 1.98. The van der Waals surface area contributed by atoms with Crippen molar-refractivity contribution in [2.75, 3.05) is 0 Å². The summed E-state index contributed by atoms with van der Waals surface area (Å²) in [5.41, 5.74) is 6.22. The molecule has 4 nitrogen and oxygen atoms in total. The molecule has 4 N–H and O–H groups in total. The van der Waals surface area contributed by atoms with E-state index in [1.807, 2.05) is 0 Å². The van der Waals surface area contributed by atoms with E-state index in [1.165, 1.54) is 6.07 Å². The smallest absolute Gasteiger partial charge is 0.151 e. The van der Waals surface area contributed by atoms with Crippen molar-refractivity contribution in [2.45, 2.75) is 6.42 Å². The maximum Gasteiger partial charge on any atom is 0.151 e. The number of benzene rings is 1. The zero-order valence-electron chi connectivity index (χ0n) is 7.34. The lowest BCUT2D eigenvalue weighted by Crippen LogP contribution is -2.13. The summed E-state index contributed by atoms with van der Waals surface area (Å²) in [6, 6.07) is 4.71. The van der Waals surface area contributed by atoms with Gasteiger partial charge in [0.25, 0.3) is 0 Å². The van der Waals surface area contributed by atoms with Crippen molar-refractivity contribution in [3.8, 4) is 0 Å². The van der Waals surface area contributed by atoms with Crippen molar-refractivity contribution in [1.82, 2.24) is 10.2 Å². The summed E-state index contributed by atoms with van der Waals surface area (Å²) in [7, 11) is 0. The molecule has 0 fully saturated rings. The van der Waals surface area contributed by atoms with E-state index < -0.39 is 0 Å². The minimum absolute atomic E-state index is 0.0276. The Bertz CT molecular complexity index is 489. The number of para-hydroxylation sites is 1. The summed E-state index contributed by atoms with van der Waals surface area (Å²) in [6.45, 7) is 0. The number of hydrogen-bond acceptors (Lipinski definition) is 2. The third-order valence-corrected chi connectivity index (χ3v) is 1.98. The molecule has 0 saturated carbocycles. The van der Waals surface area contributed by atoms with Gasteiger partial charge in [-0.2, -0.15) is 5.10 Å². The lowest BCUT2D eigenvalue weighted by molar-refractivity contribution is 0.636. The van der Waals surface area contributed by atoms with Gasteiger partial charge in [0.05, 0.1) is 11.5 Å². The Balaban J connectivity index is 2.58. The fourth-order valence-electron chi connectivity index (χ4n) is 1.38. The summed E-state index contributed by atoms with van der Waals surface area (Å²) < 4.78 is 13.2. The van der Waals surface area contributed by atoms with Crippen LogP contribution >= 0.6 is 0 Å². The Kier molecular flexibility index (Phi) is 1.92. The first-order valence-electron chi connectivity index (χ1n) is 4.13. The number of H-pyrrole nitrogens is 1. The maximum absolute atomic E-state index is 13.2. The van der Waals surface area contributed by atoms with Crippen LogP contribution in [0.4, 0.5) is 4.39 Å². The van der Waals surface area contributed by atoms with Gasteiger partial charge in [-0.05, 0) is 6.07 Å². The van der Waals surface area contributed by atoms with Crippen LogP contribution in [0, 0.1) is 11.2 Å². The van der Waals surface area contributed by atoms with Gasteiger partial charge in [-0.1, -0.05) is 12.1 Å². The predicted molar refractivity (Wildman–Crippen MR) is 51.7 cm³/mol. The standard InChI is InChI=1S/C9H9FN4/c10-6-3-1-2-5-7(4-8(11)12)13-14-9(5)6/h1-3H,4H2,(H3,11,12)(H,13,14). The Hall–Kier alpha value is -1.91. The molecule has 1 aromatic heterocycles. The largest absolute Gasteiger partial charge is 0.387 e. The Morgan fingerprint density at radius 2 is 2.36 bits per heavy atom. The lowest BCUT2D eigenvalue weighted by atomic mass is 10.1. The van der Waals surface area contributed by atoms with Crippen LogP contribution in [0.2, 0.25) is 0 Å². The van der Waals surface area contributed by atoms with Gasteiger partial charge in [0.15, 0.2) is 5.82 Å². The number of halogens is 1. The average Bonchev–Trinajstić information content (AvgIpc) is 2.49. The summed E-state index contributed by atoms with van der Waals surface area (Å²) in [4.78, 5) is 0. The molecule has 0 saturated heterocycles. The number of nitrogens with zero attached hydrogens (tertiary/aromatic N) is 1. The van der Waals surface area contributed by atoms with Crippen molar-refractivity contribution < 1.29 is 4.39 Å². The Morgan fingerprint density at radius 1 is 1.57 bits per heavy atom. The molecule has 2 rings (SSSR count). The van der Waals surface area contributed by atoms with E-state index in [-0.39, 0.29) is 18.1 Å². The second-order valence-corrected chi connectivity index (χ2v) is 3.04. The highest BCUT2D eigenvalue weighted by molar-refractivity contribution is 5.87. The Labute approximate surface area is 79.4 Å². The SMILES string of the molecule is N=C(N)Cc1[nH]nc2c(F)cccc12. The van der Waals surface area contributed by atoms with E-state index in [1.54, 1.807) is 12.1 Å². The van der Waals surface area contributed by atoms with Crippen LogP contribution in [0.25, 0.3) is 10.9 Å². The number of fused-ring (bicyclic) bond motifs is 1. The van der Waals surface area contributed by atoms with Crippen molar-refractivity contribution >= 4 is 16.7 Å². The first kappa shape index (κ1) is 8.68. The predicted octanol–water partition coefficient (Wildman–Crippen LogP) is 1.18. The number of aromatic nitrogens is 2. The van der Waals surface area contributed by atoms with E-state index in [2.05, 4.69) is 10.2 Å². The molecule has 14 heavy (non-hydrogen) atoms. The lowest BCUT2D eigenvalue weighted by Gasteiger charge is -1.95. The van der Waals surface area contributed by atoms with Crippen molar-refractivity contribution in [3.05, 3.63) is 29.7 Å². The van der Waals surface area contributed by atoms with E-state index >= 15 is 0 Å². The Morgan fingerprint density at radius 3 is 3.07 bits per heavy atom. The second-order valence-electron chi connectivity index (χ2n) is 3.04. The van der Waals surface area contributed by atoms with Crippen LogP contribution < -0.4 is 5.73 Å². The number of aromatic amines is 1. The van der Waals surface area contributed by atoms with Crippen LogP contribution in [0.5, 0.6) is 0 Å². The van der Waals surface area contributed by atoms with Gasteiger partial charge in [-0.3, -0.25) is 10.5 Å². The maximum atomic E-state index is 13.2. The van der Waals surface area contributed by atoms with Crippen LogP contribution in [-0.2, 0) is 6.42 Å². The van der Waals surface area contributed by atoms with Crippen molar-refractivity contribution in [3.63, 3.8) is 0 Å². The van der Waals surface area contributed by atoms with Crippen LogP contribution in [0.1, 0.15) is 5.69 Å². The highest BCUT2D eigenvalue weighted by Crippen LogP contribution is 2.18. The summed E-state index contributed by atoms with van der Waals surface area (Å²) in [5.74, 6) is -0.339. The molecule has 0 radical (unpaired) electrons. The van der Waals surface area contributed by atoms with E-state index in [0.717, 1.165) is 0 Å². The van der Waals surface area contributed by atoms with Gasteiger partial charge >= 0.3 is 0 Å². The number of hydrogen-bond donors (Lipinski definition) is 3. The monoisotopic (exact) mass is 192 g/mol. The molecule has 0 spiro atoms. The molecule has 0 bridgehead atoms. The quantitative estimate of drug-likeness (QED) is 0.493. The molecule has 0 unspecified atom stereocenters. The number of nitrogens with two attached hydrogens (primary N) is 1. The average molecular weight is 192 g/mol. The topological polar surface area (TPSA) is 78.5 Å². The zero-order chi connectivity index (χ0) is 10.1. The first-order valence-corrected chi connectivity index (χ1v) is 4.13. The highest BCUT2D eigenvalue weighted by Gasteiger charge is 2.08. The van der Waals surface area contributed by atoms with E-state index in [0.29, 0.717) is 16.6 Å². The van der Waals surface area contributed by atoms with Gasteiger partial charge in [-0.15, -0.1) is 0 Å². The minimum Gasteiger partial charge on any atom is -0.387 e. The first-order chi connectivity index (χ1) is 6.68. The van der Waals surface area contributed by atoms with Crippen LogP contribution in [-0.4, -0.2) is 16.0 Å². The molecular weight excluding hydrogens is 183 g/mol. The fraction of sp³-hybridized carbons (Fsp3) is 0.111. The molecule has 1 aromatic carbocycles. The van der Waals surface area contributed by atoms with E-state index in [9.17, 15) is 4.39 Å². The summed E-state index contributed by atoms with van der Waals surface area (Å²) >= 11 is 0. The normalized spacial score (nSPS) is 10.6. The molecule has 72 valence electrons. The number of nitrogens with one attached hydrogen (secondary N) is 2. The third kappa shape index (κ3) is 1.32. The molecule has 0 aliphatic rings. The molecule has 0 amide bonds. The second kappa shape index (κ2) is 3.10. The number of rotatable bonds is 2. The minimum atomic E-state index is -0.367. The number of amidine groups is 1. The zero-order valence-corrected chi connectivity index (χ0v) is 7.34. The molecule has 2 aromatic rings. The van der Waals surface area contributed by atoms with Crippen molar-refractivity contribution in [1.29, 1.82) is 5.41 Å². The van der Waals surface area contributed by atoms with E-state index in [4.69, 9.17) is 11.1 Å². The molecule has 5 heteroatoms. The molecule has 0 aliphatic carbocycles. The molecule has 0 atom stereocenters. The molecule has 1 heterocycles. The van der Waals surface area contributed by atoms with Gasteiger partial charge in [0.2, 0.25) is 0 Å². The molecular formula is C9H9FN4. The summed E-state index contributed by atoms with van der Waals surface area (Å²) in [6.07, 6.45) is 0.264. The van der Waals surface area contributed by atoms with Gasteiger partial charge in [-0.25, -0.2) is 4.39 Å². The highest BCUT2D eigenvalue weighted by atomic mass is 19.1. The van der Waals surface area contributed by atoms with Gasteiger partial charge < -0.3 is 5.73 Å². The fourth-order valence-corrected chi connectivity index (χ4v) is 1.38. The summed E-state index contributed by atoms with van der Waals surface area (Å²) in [5, 5.41) is 14.3. The van der Waals surface area contributed by atoms with Gasteiger partial charge in [0, 0.05) is 11.8 Å². The van der Waals surface area contributed by atoms with Crippen LogP contribution in [0.15, 0.2) is 18.2 Å². The van der Waals surface area contributed by atoms with Gasteiger partial charge in [0.1, 0.15) is 5.52 Å². The van der Waals surface area contributed by atoms with Crippen molar-refractivity contribution in [2.24, 2.45) is 5.73 Å². The van der Waals surface area contributed by atoms with Crippen LogP contribution in [0.3, 0.4) is 0 Å².